The minimum absolute atomic E-state index is 0. The molecule has 3 heterocycles. The van der Waals surface area contributed by atoms with Crippen molar-refractivity contribution in [3.63, 3.8) is 0 Å². The molecule has 0 aliphatic rings. The van der Waals surface area contributed by atoms with E-state index in [0.29, 0.717) is 46.1 Å². The fraction of sp³-hybridized carbons (Fsp3) is 0.293. The molecule has 7 nitrogen and oxygen atoms in total. The van der Waals surface area contributed by atoms with Gasteiger partial charge >= 0.3 is 0 Å². The molecule has 0 amide bonds. The number of rotatable bonds is 9. The summed E-state index contributed by atoms with van der Waals surface area (Å²) in [5.41, 5.74) is 9.81. The van der Waals surface area contributed by atoms with E-state index in [1.54, 1.807) is 12.4 Å². The SMILES string of the molecule is CC(C)c1cccc(C(C)C)c1-n1cc(-c2cccc(-c3ncnn3-c3c(C(C)C)cccc3C(C)C)n2)nc1-c1ccccc1O.[CH3-].[Pt]. The van der Waals surface area contributed by atoms with Crippen molar-refractivity contribution >= 4 is 0 Å². The minimum atomic E-state index is 0. The average molecular weight is 835 g/mol. The van der Waals surface area contributed by atoms with Crippen LogP contribution in [0.5, 0.6) is 5.75 Å². The van der Waals surface area contributed by atoms with E-state index in [4.69, 9.17) is 20.1 Å². The number of phenols is 1. The van der Waals surface area contributed by atoms with E-state index in [1.807, 2.05) is 41.1 Å². The van der Waals surface area contributed by atoms with Crippen LogP contribution in [0.25, 0.3) is 45.7 Å². The van der Waals surface area contributed by atoms with E-state index in [9.17, 15) is 5.11 Å². The fourth-order valence-electron chi connectivity index (χ4n) is 6.35. The van der Waals surface area contributed by atoms with Gasteiger partial charge in [-0.1, -0.05) is 110 Å². The second kappa shape index (κ2) is 15.5. The molecule has 6 rings (SSSR count). The summed E-state index contributed by atoms with van der Waals surface area (Å²) in [6.45, 7) is 17.7. The number of aromatic nitrogens is 6. The second-order valence-electron chi connectivity index (χ2n) is 13.4. The van der Waals surface area contributed by atoms with E-state index in [-0.39, 0.29) is 46.1 Å². The Morgan fingerprint density at radius 1 is 0.551 bits per heavy atom. The van der Waals surface area contributed by atoms with Crippen molar-refractivity contribution in [2.75, 3.05) is 0 Å². The van der Waals surface area contributed by atoms with Gasteiger partial charge in [-0.05, 0) is 70.2 Å². The van der Waals surface area contributed by atoms with Gasteiger partial charge in [-0.25, -0.2) is 19.6 Å². The third-order valence-electron chi connectivity index (χ3n) is 8.78. The van der Waals surface area contributed by atoms with E-state index in [2.05, 4.69) is 103 Å². The van der Waals surface area contributed by atoms with Gasteiger partial charge in [0.25, 0.3) is 0 Å². The van der Waals surface area contributed by atoms with Gasteiger partial charge in [-0.15, -0.1) is 0 Å². The molecular weight excluding hydrogens is 788 g/mol. The van der Waals surface area contributed by atoms with Gasteiger partial charge in [-0.3, -0.25) is 4.57 Å². The third kappa shape index (κ3) is 7.19. The molecule has 1 N–H and O–H groups in total. The number of pyridine rings is 1. The van der Waals surface area contributed by atoms with Crippen LogP contribution in [0.2, 0.25) is 0 Å². The molecule has 0 aliphatic heterocycles. The molecule has 3 aromatic heterocycles. The van der Waals surface area contributed by atoms with E-state index < -0.39 is 0 Å². The fourth-order valence-corrected chi connectivity index (χ4v) is 6.35. The topological polar surface area (TPSA) is 81.7 Å². The van der Waals surface area contributed by atoms with Gasteiger partial charge in [0.15, 0.2) is 5.82 Å². The molecule has 0 fully saturated rings. The largest absolute Gasteiger partial charge is 0.507 e. The van der Waals surface area contributed by atoms with Crippen LogP contribution in [-0.2, 0) is 21.1 Å². The predicted octanol–water partition coefficient (Wildman–Crippen LogP) is 10.5. The first-order valence-corrected chi connectivity index (χ1v) is 16.6. The summed E-state index contributed by atoms with van der Waals surface area (Å²) in [5.74, 6) is 2.69. The minimum Gasteiger partial charge on any atom is -0.507 e. The number of aromatic hydroxyl groups is 1. The number of hydrogen-bond acceptors (Lipinski definition) is 5. The van der Waals surface area contributed by atoms with Crippen LogP contribution in [-0.4, -0.2) is 34.4 Å². The van der Waals surface area contributed by atoms with Gasteiger partial charge in [0.1, 0.15) is 29.3 Å². The molecule has 0 aliphatic carbocycles. The van der Waals surface area contributed by atoms with Crippen molar-refractivity contribution in [2.24, 2.45) is 0 Å². The van der Waals surface area contributed by atoms with E-state index in [0.717, 1.165) is 11.4 Å². The molecule has 0 atom stereocenters. The zero-order valence-electron chi connectivity index (χ0n) is 29.9. The van der Waals surface area contributed by atoms with Crippen molar-refractivity contribution in [2.45, 2.75) is 79.1 Å². The molecule has 3 aromatic carbocycles. The van der Waals surface area contributed by atoms with Crippen LogP contribution in [0.4, 0.5) is 0 Å². The summed E-state index contributed by atoms with van der Waals surface area (Å²) >= 11 is 0. The standard InChI is InChI=1S/C40H44N6O.CH3.Pt/c1-24(2)28-15-11-16-29(25(3)4)37(28)45-22-35(44-39(45)32-14-9-10-21-36(32)47)33-19-13-20-34(43-33)40-41-23-42-46(40)38-30(26(5)6)17-12-18-31(38)27(7)8;;/h9-27,47H,1-8H3;1H3;/q;-1;. The van der Waals surface area contributed by atoms with Crippen molar-refractivity contribution in [1.82, 2.24) is 29.3 Å². The summed E-state index contributed by atoms with van der Waals surface area (Å²) in [7, 11) is 0. The van der Waals surface area contributed by atoms with Crippen LogP contribution < -0.4 is 0 Å². The summed E-state index contributed by atoms with van der Waals surface area (Å²) < 4.78 is 4.08. The Labute approximate surface area is 305 Å². The first-order valence-electron chi connectivity index (χ1n) is 16.6. The third-order valence-corrected chi connectivity index (χ3v) is 8.78. The van der Waals surface area contributed by atoms with Gasteiger partial charge < -0.3 is 12.5 Å². The zero-order valence-corrected chi connectivity index (χ0v) is 32.2. The average Bonchev–Trinajstić information content (AvgIpc) is 3.72. The first kappa shape index (κ1) is 37.5. The Morgan fingerprint density at radius 3 is 1.61 bits per heavy atom. The normalized spacial score (nSPS) is 11.3. The summed E-state index contributed by atoms with van der Waals surface area (Å²) in [6.07, 6.45) is 3.66. The van der Waals surface area contributed by atoms with Crippen LogP contribution in [0.15, 0.2) is 91.4 Å². The van der Waals surface area contributed by atoms with E-state index >= 15 is 0 Å². The van der Waals surface area contributed by atoms with Crippen molar-refractivity contribution in [1.29, 1.82) is 0 Å². The van der Waals surface area contributed by atoms with Crippen LogP contribution in [0.1, 0.15) is 101 Å². The summed E-state index contributed by atoms with van der Waals surface area (Å²) in [4.78, 5) is 15.0. The Morgan fingerprint density at radius 2 is 1.06 bits per heavy atom. The van der Waals surface area contributed by atoms with E-state index in [1.165, 1.54) is 22.3 Å². The summed E-state index contributed by atoms with van der Waals surface area (Å²) in [6, 6.07) is 26.3. The number of benzene rings is 3. The Hall–Kier alpha value is -4.35. The molecule has 0 spiro atoms. The van der Waals surface area contributed by atoms with Crippen molar-refractivity contribution < 1.29 is 26.2 Å². The van der Waals surface area contributed by atoms with Crippen LogP contribution in [0.3, 0.4) is 0 Å². The number of imidazole rings is 1. The van der Waals surface area contributed by atoms with Crippen LogP contribution in [0, 0.1) is 7.43 Å². The Kier molecular flexibility index (Phi) is 11.8. The Balaban J connectivity index is 0.00000270. The van der Waals surface area contributed by atoms with Crippen molar-refractivity contribution in [3.05, 3.63) is 121 Å². The molecule has 8 heteroatoms. The monoisotopic (exact) mass is 834 g/mol. The molecule has 0 unspecified atom stereocenters. The molecule has 0 saturated carbocycles. The van der Waals surface area contributed by atoms with Gasteiger partial charge in [0.05, 0.1) is 22.6 Å². The summed E-state index contributed by atoms with van der Waals surface area (Å²) in [5, 5.41) is 15.7. The maximum atomic E-state index is 11.0. The maximum Gasteiger partial charge on any atom is 0.181 e. The molecular formula is C41H47N6OPt-. The molecule has 0 bridgehead atoms. The van der Waals surface area contributed by atoms with Gasteiger partial charge in [0.2, 0.25) is 0 Å². The molecule has 6 aromatic rings. The maximum absolute atomic E-state index is 11.0. The smallest absolute Gasteiger partial charge is 0.181 e. The van der Waals surface area contributed by atoms with Gasteiger partial charge in [0, 0.05) is 27.3 Å². The molecule has 49 heavy (non-hydrogen) atoms. The van der Waals surface area contributed by atoms with Crippen molar-refractivity contribution in [3.8, 4) is 51.4 Å². The second-order valence-corrected chi connectivity index (χ2v) is 13.4. The molecule has 0 radical (unpaired) electrons. The molecule has 258 valence electrons. The quantitative estimate of drug-likeness (QED) is 0.147. The number of phenolic OH excluding ortho intramolecular Hbond substituents is 1. The van der Waals surface area contributed by atoms with Crippen LogP contribution >= 0.6 is 0 Å². The number of hydrogen-bond donors (Lipinski definition) is 1. The predicted molar refractivity (Wildman–Crippen MR) is 197 cm³/mol. The number of nitrogens with zero attached hydrogens (tertiary/aromatic N) is 6. The van der Waals surface area contributed by atoms with Gasteiger partial charge in [-0.2, -0.15) is 5.10 Å². The zero-order chi connectivity index (χ0) is 33.4. The molecule has 0 saturated heterocycles. The first-order chi connectivity index (χ1) is 22.6. The number of para-hydroxylation sites is 3. The Bertz CT molecular complexity index is 1990.